The van der Waals surface area contributed by atoms with Crippen molar-refractivity contribution < 1.29 is 9.13 Å². The first kappa shape index (κ1) is 22.6. The van der Waals surface area contributed by atoms with Gasteiger partial charge in [-0.05, 0) is 32.0 Å². The number of hydrogen-bond donors (Lipinski definition) is 2. The summed E-state index contributed by atoms with van der Waals surface area (Å²) >= 11 is 1.49. The van der Waals surface area contributed by atoms with Gasteiger partial charge in [-0.2, -0.15) is 4.39 Å². The number of aryl methyl sites for hydroxylation is 2. The van der Waals surface area contributed by atoms with Crippen molar-refractivity contribution in [1.29, 1.82) is 0 Å². The highest BCUT2D eigenvalue weighted by molar-refractivity contribution is 7.12. The molecule has 0 aromatic carbocycles. The van der Waals surface area contributed by atoms with Gasteiger partial charge in [-0.25, -0.2) is 15.0 Å². The van der Waals surface area contributed by atoms with Crippen LogP contribution in [0.1, 0.15) is 17.9 Å². The molecule has 0 bridgehead atoms. The predicted octanol–water partition coefficient (Wildman–Crippen LogP) is 2.30. The summed E-state index contributed by atoms with van der Waals surface area (Å²) in [5, 5.41) is 6.50. The number of pyridine rings is 2. The van der Waals surface area contributed by atoms with Gasteiger partial charge in [0.25, 0.3) is 0 Å². The van der Waals surface area contributed by atoms with E-state index in [1.165, 1.54) is 17.5 Å². The standard InChI is InChI=1S/C23H26FN7O2S/c1-25-16-12-30(13-18(16)33-2)21-7-6-15-17(32)10-14(4-3-5-20-27-11-19(24)28-20)31(22(15)29-21)23-26-8-9-34-23/h6-11,16,18,25H,3-5,12-13H2,1-2H3,(H,27,28). The van der Waals surface area contributed by atoms with Gasteiger partial charge in [0, 0.05) is 50.0 Å². The molecule has 1 aliphatic rings. The van der Waals surface area contributed by atoms with E-state index in [1.807, 2.05) is 29.1 Å². The number of thiazole rings is 1. The number of halogens is 1. The van der Waals surface area contributed by atoms with Crippen LogP contribution in [0.15, 0.2) is 40.8 Å². The van der Waals surface area contributed by atoms with Crippen LogP contribution in [0.2, 0.25) is 0 Å². The number of nitrogens with zero attached hydrogens (tertiary/aromatic N) is 5. The van der Waals surface area contributed by atoms with E-state index < -0.39 is 5.95 Å². The van der Waals surface area contributed by atoms with Crippen molar-refractivity contribution in [1.82, 2.24) is 29.8 Å². The van der Waals surface area contributed by atoms with Crippen molar-refractivity contribution in [3.8, 4) is 5.13 Å². The van der Waals surface area contributed by atoms with E-state index in [0.29, 0.717) is 42.7 Å². The smallest absolute Gasteiger partial charge is 0.210 e. The molecule has 2 atom stereocenters. The summed E-state index contributed by atoms with van der Waals surface area (Å²) < 4.78 is 20.8. The van der Waals surface area contributed by atoms with E-state index in [0.717, 1.165) is 23.2 Å². The zero-order valence-corrected chi connectivity index (χ0v) is 19.8. The van der Waals surface area contributed by atoms with Crippen LogP contribution in [0.3, 0.4) is 0 Å². The molecule has 9 nitrogen and oxygen atoms in total. The Morgan fingerprint density at radius 1 is 1.29 bits per heavy atom. The summed E-state index contributed by atoms with van der Waals surface area (Å²) in [7, 11) is 3.65. The molecule has 5 heterocycles. The topological polar surface area (TPSA) is 101 Å². The molecule has 2 unspecified atom stereocenters. The number of rotatable bonds is 8. The molecule has 1 fully saturated rings. The molecule has 0 saturated carbocycles. The SMILES string of the molecule is CNC1CN(c2ccc3c(=O)cc(CCCc4ncc(F)[nH]4)n(-c4nccs4)c3n2)CC1OC. The highest BCUT2D eigenvalue weighted by atomic mass is 32.1. The lowest BCUT2D eigenvalue weighted by Gasteiger charge is -2.19. The molecule has 0 radical (unpaired) electrons. The van der Waals surface area contributed by atoms with Crippen molar-refractivity contribution in [2.24, 2.45) is 0 Å². The van der Waals surface area contributed by atoms with Gasteiger partial charge in [0.1, 0.15) is 11.6 Å². The number of H-pyrrole nitrogens is 1. The van der Waals surface area contributed by atoms with Crippen LogP contribution in [0.4, 0.5) is 10.2 Å². The predicted molar refractivity (Wildman–Crippen MR) is 129 cm³/mol. The van der Waals surface area contributed by atoms with Crippen LogP contribution in [0, 0.1) is 5.95 Å². The lowest BCUT2D eigenvalue weighted by Crippen LogP contribution is -2.37. The van der Waals surface area contributed by atoms with Crippen molar-refractivity contribution in [3.05, 3.63) is 63.7 Å². The third kappa shape index (κ3) is 4.33. The molecule has 34 heavy (non-hydrogen) atoms. The summed E-state index contributed by atoms with van der Waals surface area (Å²) in [4.78, 5) is 31.3. The Labute approximate surface area is 199 Å². The zero-order chi connectivity index (χ0) is 23.7. The molecule has 4 aromatic heterocycles. The van der Waals surface area contributed by atoms with Gasteiger partial charge in [-0.1, -0.05) is 0 Å². The Kier molecular flexibility index (Phi) is 6.40. The van der Waals surface area contributed by atoms with Gasteiger partial charge < -0.3 is 19.9 Å². The van der Waals surface area contributed by atoms with Crippen molar-refractivity contribution in [3.63, 3.8) is 0 Å². The molecular weight excluding hydrogens is 457 g/mol. The summed E-state index contributed by atoms with van der Waals surface area (Å²) in [6.07, 6.45) is 4.82. The maximum absolute atomic E-state index is 13.2. The molecule has 0 amide bonds. The van der Waals surface area contributed by atoms with Gasteiger partial charge in [0.2, 0.25) is 5.95 Å². The van der Waals surface area contributed by atoms with Crippen LogP contribution >= 0.6 is 11.3 Å². The Morgan fingerprint density at radius 2 is 2.18 bits per heavy atom. The largest absolute Gasteiger partial charge is 0.378 e. The number of fused-ring (bicyclic) bond motifs is 1. The first-order chi connectivity index (χ1) is 16.6. The summed E-state index contributed by atoms with van der Waals surface area (Å²) in [6, 6.07) is 5.59. The highest BCUT2D eigenvalue weighted by Gasteiger charge is 2.32. The fourth-order valence-corrected chi connectivity index (χ4v) is 5.18. The molecule has 0 spiro atoms. The van der Waals surface area contributed by atoms with Crippen LogP contribution in [-0.4, -0.2) is 63.9 Å². The van der Waals surface area contributed by atoms with Crippen molar-refractivity contribution >= 4 is 28.2 Å². The molecule has 1 saturated heterocycles. The van der Waals surface area contributed by atoms with E-state index in [-0.39, 0.29) is 17.6 Å². The fourth-order valence-electron chi connectivity index (χ4n) is 4.51. The summed E-state index contributed by atoms with van der Waals surface area (Å²) in [5.41, 5.74) is 1.32. The second-order valence-electron chi connectivity index (χ2n) is 8.30. The molecule has 0 aliphatic carbocycles. The molecular formula is C23H26FN7O2S. The lowest BCUT2D eigenvalue weighted by atomic mass is 10.1. The lowest BCUT2D eigenvalue weighted by molar-refractivity contribution is 0.0996. The molecule has 178 valence electrons. The average Bonchev–Trinajstić information content (AvgIpc) is 3.60. The van der Waals surface area contributed by atoms with Crippen LogP contribution in [-0.2, 0) is 17.6 Å². The van der Waals surface area contributed by atoms with E-state index in [4.69, 9.17) is 9.72 Å². The molecule has 2 N–H and O–H groups in total. The minimum Gasteiger partial charge on any atom is -0.378 e. The van der Waals surface area contributed by atoms with Crippen molar-refractivity contribution in [2.75, 3.05) is 32.1 Å². The maximum atomic E-state index is 13.2. The summed E-state index contributed by atoms with van der Waals surface area (Å²) in [6.45, 7) is 1.47. The third-order valence-electron chi connectivity index (χ3n) is 6.24. The minimum atomic E-state index is -0.449. The maximum Gasteiger partial charge on any atom is 0.210 e. The minimum absolute atomic E-state index is 0.0569. The van der Waals surface area contributed by atoms with Gasteiger partial charge in [-0.3, -0.25) is 9.36 Å². The Balaban J connectivity index is 1.53. The first-order valence-electron chi connectivity index (χ1n) is 11.2. The Bertz CT molecular complexity index is 1330. The van der Waals surface area contributed by atoms with Crippen LogP contribution in [0.25, 0.3) is 16.2 Å². The van der Waals surface area contributed by atoms with E-state index in [2.05, 4.69) is 25.2 Å². The quantitative estimate of drug-likeness (QED) is 0.397. The van der Waals surface area contributed by atoms with Crippen LogP contribution < -0.4 is 15.6 Å². The van der Waals surface area contributed by atoms with Gasteiger partial charge in [0.15, 0.2) is 16.2 Å². The van der Waals surface area contributed by atoms with E-state index in [1.54, 1.807) is 19.4 Å². The van der Waals surface area contributed by atoms with Crippen molar-refractivity contribution in [2.45, 2.75) is 31.4 Å². The molecule has 5 rings (SSSR count). The monoisotopic (exact) mass is 483 g/mol. The number of likely N-dealkylation sites (N-methyl/N-ethyl adjacent to an activating group) is 1. The number of anilines is 1. The van der Waals surface area contributed by atoms with Gasteiger partial charge >= 0.3 is 0 Å². The normalized spacial score (nSPS) is 18.3. The number of nitrogens with one attached hydrogen (secondary N) is 2. The number of methoxy groups -OCH3 is 1. The third-order valence-corrected chi connectivity index (χ3v) is 7.00. The second kappa shape index (κ2) is 9.61. The number of aromatic nitrogens is 5. The highest BCUT2D eigenvalue weighted by Crippen LogP contribution is 2.26. The first-order valence-corrected chi connectivity index (χ1v) is 12.0. The second-order valence-corrected chi connectivity index (χ2v) is 9.17. The average molecular weight is 484 g/mol. The molecule has 1 aliphatic heterocycles. The van der Waals surface area contributed by atoms with Gasteiger partial charge in [0.05, 0.1) is 23.7 Å². The number of aromatic amines is 1. The van der Waals surface area contributed by atoms with E-state index in [9.17, 15) is 9.18 Å². The summed E-state index contributed by atoms with van der Waals surface area (Å²) in [5.74, 6) is 0.929. The Hall–Kier alpha value is -3.15. The molecule has 11 heteroatoms. The number of imidazole rings is 1. The van der Waals surface area contributed by atoms with Crippen LogP contribution in [0.5, 0.6) is 0 Å². The fraction of sp³-hybridized carbons (Fsp3) is 0.391. The molecule has 4 aromatic rings. The van der Waals surface area contributed by atoms with Gasteiger partial charge in [-0.15, -0.1) is 11.3 Å². The Morgan fingerprint density at radius 3 is 2.85 bits per heavy atom. The number of hydrogen-bond acceptors (Lipinski definition) is 8. The van der Waals surface area contributed by atoms with E-state index >= 15 is 0 Å². The number of ether oxygens (including phenoxy) is 1. The zero-order valence-electron chi connectivity index (χ0n) is 19.0.